The van der Waals surface area contributed by atoms with Gasteiger partial charge in [-0.05, 0) is 54.1 Å². The predicted molar refractivity (Wildman–Crippen MR) is 116 cm³/mol. The summed E-state index contributed by atoms with van der Waals surface area (Å²) in [6.07, 6.45) is 0. The number of thioether (sulfide) groups is 1. The molecule has 5 nitrogen and oxygen atoms in total. The molecule has 0 bridgehead atoms. The van der Waals surface area contributed by atoms with Gasteiger partial charge >= 0.3 is 0 Å². The molecular formula is C23H18F2N2O3S. The number of nitrogens with one attached hydrogen (secondary N) is 1. The van der Waals surface area contributed by atoms with Crippen LogP contribution in [0.3, 0.4) is 0 Å². The molecule has 0 spiro atoms. The Morgan fingerprint density at radius 3 is 2.42 bits per heavy atom. The quantitative estimate of drug-likeness (QED) is 0.606. The molecule has 1 fully saturated rings. The van der Waals surface area contributed by atoms with E-state index in [4.69, 9.17) is 4.74 Å². The number of carbonyl (C=O) groups excluding carboxylic acids is 2. The molecule has 1 heterocycles. The van der Waals surface area contributed by atoms with Crippen molar-refractivity contribution in [2.24, 2.45) is 0 Å². The lowest BCUT2D eigenvalue weighted by Gasteiger charge is -2.25. The van der Waals surface area contributed by atoms with Crippen molar-refractivity contribution in [2.45, 2.75) is 5.37 Å². The SMILES string of the molecule is COc1ccc(C(=O)Nc2ccc(C3SCC(=O)N3c3ccc(F)cc3F)cc2)cc1. The maximum atomic E-state index is 14.3. The predicted octanol–water partition coefficient (Wildman–Crippen LogP) is 5.00. The average Bonchev–Trinajstić information content (AvgIpc) is 3.15. The summed E-state index contributed by atoms with van der Waals surface area (Å²) in [6, 6.07) is 16.9. The van der Waals surface area contributed by atoms with Crippen molar-refractivity contribution >= 4 is 35.0 Å². The van der Waals surface area contributed by atoms with Crippen LogP contribution < -0.4 is 15.0 Å². The minimum Gasteiger partial charge on any atom is -0.497 e. The average molecular weight is 440 g/mol. The first-order valence-corrected chi connectivity index (χ1v) is 10.5. The molecule has 3 aromatic rings. The third-order valence-corrected chi connectivity index (χ3v) is 6.06. The molecule has 3 aromatic carbocycles. The van der Waals surface area contributed by atoms with Crippen molar-refractivity contribution in [2.75, 3.05) is 23.1 Å². The fourth-order valence-electron chi connectivity index (χ4n) is 3.28. The number of benzene rings is 3. The van der Waals surface area contributed by atoms with Crippen LogP contribution in [0.4, 0.5) is 20.2 Å². The zero-order chi connectivity index (χ0) is 22.0. The highest BCUT2D eigenvalue weighted by Gasteiger charge is 2.35. The maximum absolute atomic E-state index is 14.3. The summed E-state index contributed by atoms with van der Waals surface area (Å²) in [5, 5.41) is 2.37. The van der Waals surface area contributed by atoms with Crippen LogP contribution in [0.1, 0.15) is 21.3 Å². The van der Waals surface area contributed by atoms with E-state index in [0.717, 1.165) is 17.7 Å². The van der Waals surface area contributed by atoms with E-state index in [1.165, 1.54) is 22.7 Å². The van der Waals surface area contributed by atoms with Crippen molar-refractivity contribution < 1.29 is 23.1 Å². The van der Waals surface area contributed by atoms with Crippen LogP contribution in [0.25, 0.3) is 0 Å². The molecule has 2 amide bonds. The number of carbonyl (C=O) groups is 2. The number of anilines is 2. The highest BCUT2D eigenvalue weighted by atomic mass is 32.2. The third-order valence-electron chi connectivity index (χ3n) is 4.84. The number of methoxy groups -OCH3 is 1. The molecule has 4 rings (SSSR count). The van der Waals surface area contributed by atoms with E-state index < -0.39 is 17.0 Å². The smallest absolute Gasteiger partial charge is 0.255 e. The van der Waals surface area contributed by atoms with Crippen LogP contribution in [0, 0.1) is 11.6 Å². The van der Waals surface area contributed by atoms with Crippen molar-refractivity contribution in [3.63, 3.8) is 0 Å². The summed E-state index contributed by atoms with van der Waals surface area (Å²) in [5.41, 5.74) is 1.87. The van der Waals surface area contributed by atoms with Crippen molar-refractivity contribution in [3.8, 4) is 5.75 Å². The van der Waals surface area contributed by atoms with Gasteiger partial charge in [-0.15, -0.1) is 11.8 Å². The Hall–Kier alpha value is -3.39. The summed E-state index contributed by atoms with van der Waals surface area (Å²) in [7, 11) is 1.55. The van der Waals surface area contributed by atoms with E-state index in [9.17, 15) is 18.4 Å². The molecule has 0 saturated carbocycles. The Bertz CT molecular complexity index is 1120. The van der Waals surface area contributed by atoms with Crippen molar-refractivity contribution in [1.29, 1.82) is 0 Å². The van der Waals surface area contributed by atoms with Gasteiger partial charge in [0.05, 0.1) is 18.6 Å². The van der Waals surface area contributed by atoms with Crippen LogP contribution in [-0.4, -0.2) is 24.7 Å². The topological polar surface area (TPSA) is 58.6 Å². The molecule has 0 aromatic heterocycles. The highest BCUT2D eigenvalue weighted by molar-refractivity contribution is 8.00. The number of hydrogen-bond acceptors (Lipinski definition) is 4. The van der Waals surface area contributed by atoms with E-state index >= 15 is 0 Å². The fraction of sp³-hybridized carbons (Fsp3) is 0.130. The molecule has 1 saturated heterocycles. The number of hydrogen-bond donors (Lipinski definition) is 1. The van der Waals surface area contributed by atoms with Crippen LogP contribution in [0.15, 0.2) is 66.7 Å². The second kappa shape index (κ2) is 8.77. The van der Waals surface area contributed by atoms with Gasteiger partial charge in [-0.3, -0.25) is 14.5 Å². The van der Waals surface area contributed by atoms with Gasteiger partial charge in [0.1, 0.15) is 22.8 Å². The first-order valence-electron chi connectivity index (χ1n) is 9.40. The Morgan fingerprint density at radius 1 is 1.06 bits per heavy atom. The van der Waals surface area contributed by atoms with Gasteiger partial charge in [-0.2, -0.15) is 0 Å². The van der Waals surface area contributed by atoms with Crippen molar-refractivity contribution in [3.05, 3.63) is 89.5 Å². The van der Waals surface area contributed by atoms with Gasteiger partial charge in [-0.25, -0.2) is 8.78 Å². The second-order valence-corrected chi connectivity index (χ2v) is 7.90. The Morgan fingerprint density at radius 2 is 1.77 bits per heavy atom. The fourth-order valence-corrected chi connectivity index (χ4v) is 4.45. The second-order valence-electron chi connectivity index (χ2n) is 6.83. The first-order chi connectivity index (χ1) is 15.0. The van der Waals surface area contributed by atoms with Gasteiger partial charge in [0, 0.05) is 17.3 Å². The number of amides is 2. The van der Waals surface area contributed by atoms with Gasteiger partial charge < -0.3 is 10.1 Å². The third kappa shape index (κ3) is 4.39. The molecule has 1 unspecified atom stereocenters. The lowest BCUT2D eigenvalue weighted by atomic mass is 10.1. The van der Waals surface area contributed by atoms with Crippen LogP contribution in [-0.2, 0) is 4.79 Å². The molecule has 1 aliphatic rings. The van der Waals surface area contributed by atoms with Crippen LogP contribution in [0.5, 0.6) is 5.75 Å². The standard InChI is InChI=1S/C23H18F2N2O3S/c1-30-18-9-4-14(5-10-18)22(29)26-17-7-2-15(3-8-17)23-27(21(28)13-31-23)20-11-6-16(24)12-19(20)25/h2-12,23H,13H2,1H3,(H,26,29). The van der Waals surface area contributed by atoms with Crippen molar-refractivity contribution in [1.82, 2.24) is 0 Å². The van der Waals surface area contributed by atoms with E-state index in [-0.39, 0.29) is 23.3 Å². The van der Waals surface area contributed by atoms with E-state index in [1.807, 2.05) is 0 Å². The highest BCUT2D eigenvalue weighted by Crippen LogP contribution is 2.42. The molecule has 0 aliphatic carbocycles. The van der Waals surface area contributed by atoms with Gasteiger partial charge in [-0.1, -0.05) is 12.1 Å². The maximum Gasteiger partial charge on any atom is 0.255 e. The summed E-state index contributed by atoms with van der Waals surface area (Å²) >= 11 is 1.36. The Balaban J connectivity index is 1.51. The molecule has 1 N–H and O–H groups in total. The lowest BCUT2D eigenvalue weighted by Crippen LogP contribution is -2.28. The Kier molecular flexibility index (Phi) is 5.90. The van der Waals surface area contributed by atoms with Gasteiger partial charge in [0.2, 0.25) is 5.91 Å². The largest absolute Gasteiger partial charge is 0.497 e. The van der Waals surface area contributed by atoms with Gasteiger partial charge in [0.15, 0.2) is 0 Å². The van der Waals surface area contributed by atoms with E-state index in [1.54, 1.807) is 55.6 Å². The minimum absolute atomic E-state index is 0.0401. The van der Waals surface area contributed by atoms with Crippen LogP contribution in [0.2, 0.25) is 0 Å². The summed E-state index contributed by atoms with van der Waals surface area (Å²) in [4.78, 5) is 26.1. The van der Waals surface area contributed by atoms with E-state index in [0.29, 0.717) is 17.0 Å². The van der Waals surface area contributed by atoms with Crippen LogP contribution >= 0.6 is 11.8 Å². The molecule has 158 valence electrons. The summed E-state index contributed by atoms with van der Waals surface area (Å²) < 4.78 is 32.6. The monoisotopic (exact) mass is 440 g/mol. The normalized spacial score (nSPS) is 15.8. The molecule has 1 atom stereocenters. The molecule has 31 heavy (non-hydrogen) atoms. The number of nitrogens with zero attached hydrogens (tertiary/aromatic N) is 1. The summed E-state index contributed by atoms with van der Waals surface area (Å²) in [6.45, 7) is 0. The number of halogens is 2. The van der Waals surface area contributed by atoms with Gasteiger partial charge in [0.25, 0.3) is 5.91 Å². The lowest BCUT2D eigenvalue weighted by molar-refractivity contribution is -0.115. The Labute approximate surface area is 182 Å². The minimum atomic E-state index is -0.788. The molecule has 1 aliphatic heterocycles. The molecular weight excluding hydrogens is 422 g/mol. The zero-order valence-corrected chi connectivity index (χ0v) is 17.3. The molecule has 0 radical (unpaired) electrons. The first kappa shape index (κ1) is 20.9. The molecule has 8 heteroatoms. The summed E-state index contributed by atoms with van der Waals surface area (Å²) in [5.74, 6) is -1.16. The number of ether oxygens (including phenoxy) is 1. The van der Waals surface area contributed by atoms with E-state index in [2.05, 4.69) is 5.32 Å². The number of rotatable bonds is 5. The zero-order valence-electron chi connectivity index (χ0n) is 16.5.